The SMILES string of the molecule is CCCCCOCCCc1cnc(-c2ccc(OCCC(C)CC)cc2)nc1. The van der Waals surface area contributed by atoms with Gasteiger partial charge in [0, 0.05) is 31.2 Å². The number of rotatable bonds is 14. The topological polar surface area (TPSA) is 44.2 Å². The summed E-state index contributed by atoms with van der Waals surface area (Å²) in [6.45, 7) is 9.13. The monoisotopic (exact) mass is 384 g/mol. The predicted octanol–water partition coefficient (Wildman–Crippen LogP) is 6.10. The van der Waals surface area contributed by atoms with Gasteiger partial charge in [0.1, 0.15) is 5.75 Å². The van der Waals surface area contributed by atoms with Crippen molar-refractivity contribution in [2.75, 3.05) is 19.8 Å². The minimum absolute atomic E-state index is 0.707. The van der Waals surface area contributed by atoms with E-state index in [1.807, 2.05) is 36.7 Å². The fourth-order valence-electron chi connectivity index (χ4n) is 2.85. The average molecular weight is 385 g/mol. The van der Waals surface area contributed by atoms with E-state index >= 15 is 0 Å². The second-order valence-electron chi connectivity index (χ2n) is 7.51. The van der Waals surface area contributed by atoms with Crippen LogP contribution in [-0.2, 0) is 11.2 Å². The molecule has 0 N–H and O–H groups in total. The lowest BCUT2D eigenvalue weighted by Crippen LogP contribution is -2.03. The third-order valence-corrected chi connectivity index (χ3v) is 5.04. The van der Waals surface area contributed by atoms with E-state index < -0.39 is 0 Å². The molecule has 0 aliphatic rings. The number of nitrogens with zero attached hydrogens (tertiary/aromatic N) is 2. The number of aryl methyl sites for hydroxylation is 1. The second kappa shape index (κ2) is 13.3. The lowest BCUT2D eigenvalue weighted by atomic mass is 10.1. The first-order valence-corrected chi connectivity index (χ1v) is 10.8. The molecule has 0 aliphatic heterocycles. The molecule has 0 aliphatic carbocycles. The van der Waals surface area contributed by atoms with Gasteiger partial charge in [0.25, 0.3) is 0 Å². The van der Waals surface area contributed by atoms with E-state index in [0.29, 0.717) is 5.92 Å². The Balaban J connectivity index is 1.73. The molecule has 1 atom stereocenters. The van der Waals surface area contributed by atoms with Crippen molar-refractivity contribution in [2.45, 2.75) is 65.7 Å². The molecule has 0 spiro atoms. The van der Waals surface area contributed by atoms with Crippen molar-refractivity contribution < 1.29 is 9.47 Å². The van der Waals surface area contributed by atoms with Crippen molar-refractivity contribution in [1.29, 1.82) is 0 Å². The van der Waals surface area contributed by atoms with Gasteiger partial charge in [0.15, 0.2) is 5.82 Å². The Hall–Kier alpha value is -1.94. The van der Waals surface area contributed by atoms with Gasteiger partial charge < -0.3 is 9.47 Å². The zero-order valence-corrected chi connectivity index (χ0v) is 17.8. The number of ether oxygens (including phenoxy) is 2. The van der Waals surface area contributed by atoms with Crippen LogP contribution in [0.15, 0.2) is 36.7 Å². The van der Waals surface area contributed by atoms with E-state index in [4.69, 9.17) is 9.47 Å². The van der Waals surface area contributed by atoms with E-state index in [-0.39, 0.29) is 0 Å². The van der Waals surface area contributed by atoms with Crippen molar-refractivity contribution >= 4 is 0 Å². The van der Waals surface area contributed by atoms with Crippen LogP contribution in [0, 0.1) is 5.92 Å². The summed E-state index contributed by atoms with van der Waals surface area (Å²) in [5.74, 6) is 2.37. The molecular weight excluding hydrogens is 348 g/mol. The maximum atomic E-state index is 5.82. The molecule has 1 aromatic heterocycles. The lowest BCUT2D eigenvalue weighted by molar-refractivity contribution is 0.128. The van der Waals surface area contributed by atoms with E-state index in [9.17, 15) is 0 Å². The normalized spacial score (nSPS) is 12.1. The second-order valence-corrected chi connectivity index (χ2v) is 7.51. The van der Waals surface area contributed by atoms with Crippen LogP contribution in [0.2, 0.25) is 0 Å². The summed E-state index contributed by atoms with van der Waals surface area (Å²) in [5.41, 5.74) is 2.17. The molecule has 2 rings (SSSR count). The number of unbranched alkanes of at least 4 members (excludes halogenated alkanes) is 2. The third kappa shape index (κ3) is 8.39. The summed E-state index contributed by atoms with van der Waals surface area (Å²) in [4.78, 5) is 9.04. The van der Waals surface area contributed by atoms with Crippen molar-refractivity contribution in [2.24, 2.45) is 5.92 Å². The van der Waals surface area contributed by atoms with Gasteiger partial charge in [0.2, 0.25) is 0 Å². The van der Waals surface area contributed by atoms with Gasteiger partial charge in [-0.1, -0.05) is 40.0 Å². The minimum Gasteiger partial charge on any atom is -0.494 e. The number of benzene rings is 1. The first-order chi connectivity index (χ1) is 13.7. The zero-order chi connectivity index (χ0) is 20.0. The summed E-state index contributed by atoms with van der Waals surface area (Å²) in [6, 6.07) is 8.05. The molecule has 0 radical (unpaired) electrons. The van der Waals surface area contributed by atoms with Crippen LogP contribution in [0.4, 0.5) is 0 Å². The van der Waals surface area contributed by atoms with E-state index in [1.54, 1.807) is 0 Å². The number of hydrogen-bond acceptors (Lipinski definition) is 4. The highest BCUT2D eigenvalue weighted by Gasteiger charge is 2.04. The molecule has 0 saturated heterocycles. The summed E-state index contributed by atoms with van der Waals surface area (Å²) in [6.07, 6.45) is 11.8. The molecule has 0 amide bonds. The highest BCUT2D eigenvalue weighted by Crippen LogP contribution is 2.20. The molecule has 4 nitrogen and oxygen atoms in total. The summed E-state index contributed by atoms with van der Waals surface area (Å²) >= 11 is 0. The Bertz CT molecular complexity index is 641. The molecule has 1 aromatic carbocycles. The minimum atomic E-state index is 0.707. The Morgan fingerprint density at radius 2 is 1.61 bits per heavy atom. The van der Waals surface area contributed by atoms with Crippen molar-refractivity contribution in [3.63, 3.8) is 0 Å². The molecule has 1 unspecified atom stereocenters. The van der Waals surface area contributed by atoms with Crippen LogP contribution in [0.5, 0.6) is 5.75 Å². The van der Waals surface area contributed by atoms with Gasteiger partial charge in [-0.15, -0.1) is 0 Å². The van der Waals surface area contributed by atoms with Crippen molar-refractivity contribution in [3.05, 3.63) is 42.2 Å². The average Bonchev–Trinajstić information content (AvgIpc) is 2.74. The Labute approximate surface area is 170 Å². The Morgan fingerprint density at radius 3 is 2.29 bits per heavy atom. The smallest absolute Gasteiger partial charge is 0.159 e. The van der Waals surface area contributed by atoms with Gasteiger partial charge in [0.05, 0.1) is 6.61 Å². The standard InChI is InChI=1S/C24H36N2O2/c1-4-6-7-15-27-16-8-9-21-18-25-24(26-19-21)22-10-12-23(13-11-22)28-17-14-20(3)5-2/h10-13,18-20H,4-9,14-17H2,1-3H3. The van der Waals surface area contributed by atoms with Gasteiger partial charge in [-0.25, -0.2) is 9.97 Å². The molecule has 28 heavy (non-hydrogen) atoms. The van der Waals surface area contributed by atoms with Crippen LogP contribution in [0.1, 0.15) is 64.9 Å². The maximum absolute atomic E-state index is 5.82. The first kappa shape index (κ1) is 22.4. The van der Waals surface area contributed by atoms with Crippen LogP contribution < -0.4 is 4.74 Å². The van der Waals surface area contributed by atoms with Crippen LogP contribution in [-0.4, -0.2) is 29.8 Å². The lowest BCUT2D eigenvalue weighted by Gasteiger charge is -2.10. The Kier molecular flexibility index (Phi) is 10.6. The quantitative estimate of drug-likeness (QED) is 0.369. The molecule has 0 saturated carbocycles. The van der Waals surface area contributed by atoms with Gasteiger partial charge in [-0.05, 0) is 61.4 Å². The number of hydrogen-bond donors (Lipinski definition) is 0. The van der Waals surface area contributed by atoms with Gasteiger partial charge >= 0.3 is 0 Å². The van der Waals surface area contributed by atoms with E-state index in [0.717, 1.165) is 68.2 Å². The van der Waals surface area contributed by atoms with Crippen LogP contribution in [0.3, 0.4) is 0 Å². The fourth-order valence-corrected chi connectivity index (χ4v) is 2.85. The van der Waals surface area contributed by atoms with Gasteiger partial charge in [-0.2, -0.15) is 0 Å². The molecule has 0 fully saturated rings. The third-order valence-electron chi connectivity index (χ3n) is 5.04. The van der Waals surface area contributed by atoms with Crippen molar-refractivity contribution in [3.8, 4) is 17.1 Å². The molecule has 154 valence electrons. The summed E-state index contributed by atoms with van der Waals surface area (Å²) < 4.78 is 11.5. The van der Waals surface area contributed by atoms with Gasteiger partial charge in [-0.3, -0.25) is 0 Å². The predicted molar refractivity (Wildman–Crippen MR) is 116 cm³/mol. The molecule has 0 bridgehead atoms. The van der Waals surface area contributed by atoms with Crippen LogP contribution >= 0.6 is 0 Å². The molecular formula is C24H36N2O2. The van der Waals surface area contributed by atoms with Crippen molar-refractivity contribution in [1.82, 2.24) is 9.97 Å². The fraction of sp³-hybridized carbons (Fsp3) is 0.583. The molecule has 1 heterocycles. The zero-order valence-electron chi connectivity index (χ0n) is 17.8. The van der Waals surface area contributed by atoms with E-state index in [1.165, 1.54) is 19.3 Å². The number of aromatic nitrogens is 2. The first-order valence-electron chi connectivity index (χ1n) is 10.8. The Morgan fingerprint density at radius 1 is 0.893 bits per heavy atom. The summed E-state index contributed by atoms with van der Waals surface area (Å²) in [7, 11) is 0. The largest absolute Gasteiger partial charge is 0.494 e. The maximum Gasteiger partial charge on any atom is 0.159 e. The summed E-state index contributed by atoms with van der Waals surface area (Å²) in [5, 5.41) is 0. The molecule has 2 aromatic rings. The highest BCUT2D eigenvalue weighted by molar-refractivity contribution is 5.55. The molecule has 4 heteroatoms. The van der Waals surface area contributed by atoms with E-state index in [2.05, 4.69) is 30.7 Å². The highest BCUT2D eigenvalue weighted by atomic mass is 16.5. The van der Waals surface area contributed by atoms with Crippen LogP contribution in [0.25, 0.3) is 11.4 Å².